The van der Waals surface area contributed by atoms with Crippen LogP contribution in [-0.4, -0.2) is 5.11 Å². The highest BCUT2D eigenvalue weighted by Gasteiger charge is 2.18. The summed E-state index contributed by atoms with van der Waals surface area (Å²) in [6, 6.07) is 6.86. The van der Waals surface area contributed by atoms with E-state index in [0.29, 0.717) is 0 Å². The van der Waals surface area contributed by atoms with Crippen molar-refractivity contribution in [2.24, 2.45) is 0 Å². The summed E-state index contributed by atoms with van der Waals surface area (Å²) in [5.74, 6) is -1.96. The molecule has 2 aromatic carbocycles. The van der Waals surface area contributed by atoms with Crippen molar-refractivity contribution in [3.63, 3.8) is 0 Å². The van der Waals surface area contributed by atoms with Crippen LogP contribution < -0.4 is 0 Å². The van der Waals surface area contributed by atoms with Gasteiger partial charge in [-0.2, -0.15) is 0 Å². The van der Waals surface area contributed by atoms with Crippen LogP contribution in [0.2, 0.25) is 5.02 Å². The molecular weight excluding hydrogens is 277 g/mol. The van der Waals surface area contributed by atoms with Gasteiger partial charge in [-0.25, -0.2) is 13.2 Å². The Balaban J connectivity index is 2.31. The quantitative estimate of drug-likeness (QED) is 0.903. The summed E-state index contributed by atoms with van der Waals surface area (Å²) in [5, 5.41) is 9.98. The van der Waals surface area contributed by atoms with Crippen molar-refractivity contribution in [3.8, 4) is 0 Å². The number of halogens is 4. The molecule has 0 fully saturated rings. The van der Waals surface area contributed by atoms with Gasteiger partial charge in [-0.3, -0.25) is 0 Å². The van der Waals surface area contributed by atoms with E-state index in [1.807, 2.05) is 0 Å². The van der Waals surface area contributed by atoms with Crippen molar-refractivity contribution >= 4 is 11.6 Å². The molecule has 1 unspecified atom stereocenters. The van der Waals surface area contributed by atoms with Gasteiger partial charge in [0.25, 0.3) is 0 Å². The zero-order chi connectivity index (χ0) is 14.0. The summed E-state index contributed by atoms with van der Waals surface area (Å²) in [6.45, 7) is 0. The lowest BCUT2D eigenvalue weighted by atomic mass is 10.0. The molecule has 0 heterocycles. The average molecular weight is 287 g/mol. The molecule has 19 heavy (non-hydrogen) atoms. The first-order valence-corrected chi connectivity index (χ1v) is 5.92. The molecule has 0 radical (unpaired) electrons. The summed E-state index contributed by atoms with van der Waals surface area (Å²) >= 11 is 5.79. The Labute approximate surface area is 113 Å². The maximum atomic E-state index is 13.6. The summed E-state index contributed by atoms with van der Waals surface area (Å²) in [4.78, 5) is 0. The van der Waals surface area contributed by atoms with Gasteiger partial charge in [0.1, 0.15) is 17.5 Å². The normalized spacial score (nSPS) is 12.5. The lowest BCUT2D eigenvalue weighted by Gasteiger charge is -2.14. The Kier molecular flexibility index (Phi) is 4.12. The van der Waals surface area contributed by atoms with E-state index in [4.69, 9.17) is 11.6 Å². The Bertz CT molecular complexity index is 581. The molecule has 0 saturated heterocycles. The summed E-state index contributed by atoms with van der Waals surface area (Å²) in [5.41, 5.74) is -0.153. The third kappa shape index (κ3) is 3.08. The van der Waals surface area contributed by atoms with Gasteiger partial charge in [-0.05, 0) is 35.9 Å². The van der Waals surface area contributed by atoms with Crippen LogP contribution in [0.3, 0.4) is 0 Å². The Morgan fingerprint density at radius 1 is 1.05 bits per heavy atom. The predicted octanol–water partition coefficient (Wildman–Crippen LogP) is 4.03. The topological polar surface area (TPSA) is 20.2 Å². The van der Waals surface area contributed by atoms with Crippen LogP contribution in [0.25, 0.3) is 0 Å². The first-order chi connectivity index (χ1) is 8.99. The standard InChI is InChI=1S/C14H10ClF3O/c15-10-2-1-3-12(18)14(10)13(19)7-8-6-9(16)4-5-11(8)17/h1-6,13,19H,7H2. The second kappa shape index (κ2) is 5.63. The van der Waals surface area contributed by atoms with Crippen molar-refractivity contribution in [2.45, 2.75) is 12.5 Å². The molecule has 5 heteroatoms. The zero-order valence-corrected chi connectivity index (χ0v) is 10.5. The van der Waals surface area contributed by atoms with Crippen LogP contribution in [0.5, 0.6) is 0 Å². The maximum absolute atomic E-state index is 13.6. The number of hydrogen-bond acceptors (Lipinski definition) is 1. The molecular formula is C14H10ClF3O. The van der Waals surface area contributed by atoms with Crippen molar-refractivity contribution in [3.05, 3.63) is 70.0 Å². The molecule has 0 aromatic heterocycles. The first-order valence-electron chi connectivity index (χ1n) is 5.55. The highest BCUT2D eigenvalue weighted by atomic mass is 35.5. The lowest BCUT2D eigenvalue weighted by molar-refractivity contribution is 0.172. The molecule has 0 aliphatic rings. The van der Waals surface area contributed by atoms with Crippen molar-refractivity contribution < 1.29 is 18.3 Å². The highest BCUT2D eigenvalue weighted by Crippen LogP contribution is 2.28. The van der Waals surface area contributed by atoms with E-state index in [-0.39, 0.29) is 22.6 Å². The number of aliphatic hydroxyl groups excluding tert-OH is 1. The summed E-state index contributed by atoms with van der Waals surface area (Å²) < 4.78 is 40.0. The fourth-order valence-electron chi connectivity index (χ4n) is 1.84. The lowest BCUT2D eigenvalue weighted by Crippen LogP contribution is -2.07. The fraction of sp³-hybridized carbons (Fsp3) is 0.143. The van der Waals surface area contributed by atoms with Crippen molar-refractivity contribution in [2.75, 3.05) is 0 Å². The van der Waals surface area contributed by atoms with Gasteiger partial charge in [-0.15, -0.1) is 0 Å². The first kappa shape index (κ1) is 13.9. The van der Waals surface area contributed by atoms with E-state index in [1.165, 1.54) is 12.1 Å². The molecule has 100 valence electrons. The molecule has 0 aliphatic carbocycles. The Hall–Kier alpha value is -1.52. The van der Waals surface area contributed by atoms with Gasteiger partial charge >= 0.3 is 0 Å². The zero-order valence-electron chi connectivity index (χ0n) is 9.71. The maximum Gasteiger partial charge on any atom is 0.130 e. The Morgan fingerprint density at radius 3 is 2.47 bits per heavy atom. The van der Waals surface area contributed by atoms with E-state index in [2.05, 4.69) is 0 Å². The van der Waals surface area contributed by atoms with Crippen LogP contribution in [0.4, 0.5) is 13.2 Å². The highest BCUT2D eigenvalue weighted by molar-refractivity contribution is 6.31. The number of aliphatic hydroxyl groups is 1. The number of benzene rings is 2. The molecule has 2 aromatic rings. The van der Waals surface area contributed by atoms with Gasteiger partial charge in [0.15, 0.2) is 0 Å². The van der Waals surface area contributed by atoms with Crippen LogP contribution in [0.1, 0.15) is 17.2 Å². The average Bonchev–Trinajstić information content (AvgIpc) is 2.33. The minimum absolute atomic E-state index is 0.0354. The van der Waals surface area contributed by atoms with Gasteiger partial charge < -0.3 is 5.11 Å². The Morgan fingerprint density at radius 2 is 1.79 bits per heavy atom. The molecule has 1 nitrogen and oxygen atoms in total. The van der Waals surface area contributed by atoms with Crippen LogP contribution in [0.15, 0.2) is 36.4 Å². The van der Waals surface area contributed by atoms with E-state index in [0.717, 1.165) is 24.3 Å². The van der Waals surface area contributed by atoms with Crippen molar-refractivity contribution in [1.82, 2.24) is 0 Å². The molecule has 0 bridgehead atoms. The molecule has 2 rings (SSSR count). The monoisotopic (exact) mass is 286 g/mol. The summed E-state index contributed by atoms with van der Waals surface area (Å²) in [6.07, 6.45) is -1.60. The van der Waals surface area contributed by atoms with Gasteiger partial charge in [0.05, 0.1) is 6.10 Å². The van der Waals surface area contributed by atoms with E-state index >= 15 is 0 Å². The number of rotatable bonds is 3. The molecule has 1 N–H and O–H groups in total. The van der Waals surface area contributed by atoms with E-state index in [1.54, 1.807) is 0 Å². The van der Waals surface area contributed by atoms with Crippen molar-refractivity contribution in [1.29, 1.82) is 0 Å². The second-order valence-electron chi connectivity index (χ2n) is 4.09. The van der Waals surface area contributed by atoms with Gasteiger partial charge in [-0.1, -0.05) is 17.7 Å². The minimum atomic E-state index is -1.34. The molecule has 0 amide bonds. The van der Waals surface area contributed by atoms with Crippen LogP contribution in [0, 0.1) is 17.5 Å². The van der Waals surface area contributed by atoms with Gasteiger partial charge in [0, 0.05) is 17.0 Å². The minimum Gasteiger partial charge on any atom is -0.388 e. The third-order valence-corrected chi connectivity index (χ3v) is 3.08. The third-order valence-electron chi connectivity index (χ3n) is 2.75. The SMILES string of the molecule is OC(Cc1cc(F)ccc1F)c1c(F)cccc1Cl. The van der Waals surface area contributed by atoms with Crippen LogP contribution in [-0.2, 0) is 6.42 Å². The summed E-state index contributed by atoms with van der Waals surface area (Å²) in [7, 11) is 0. The van der Waals surface area contributed by atoms with Gasteiger partial charge in [0.2, 0.25) is 0 Å². The largest absolute Gasteiger partial charge is 0.388 e. The molecule has 1 atom stereocenters. The van der Waals surface area contributed by atoms with E-state index < -0.39 is 23.6 Å². The second-order valence-corrected chi connectivity index (χ2v) is 4.50. The predicted molar refractivity (Wildman–Crippen MR) is 66.4 cm³/mol. The molecule has 0 spiro atoms. The van der Waals surface area contributed by atoms with Crippen LogP contribution >= 0.6 is 11.6 Å². The van der Waals surface area contributed by atoms with E-state index in [9.17, 15) is 18.3 Å². The molecule has 0 aliphatic heterocycles. The smallest absolute Gasteiger partial charge is 0.130 e. The fourth-order valence-corrected chi connectivity index (χ4v) is 2.13. The molecule has 0 saturated carbocycles. The number of hydrogen-bond donors (Lipinski definition) is 1.